The van der Waals surface area contributed by atoms with Crippen LogP contribution in [0, 0.1) is 0 Å². The first-order valence-corrected chi connectivity index (χ1v) is 8.98. The van der Waals surface area contributed by atoms with Crippen molar-refractivity contribution in [1.29, 1.82) is 0 Å². The Morgan fingerprint density at radius 1 is 1.18 bits per heavy atom. The predicted octanol–water partition coefficient (Wildman–Crippen LogP) is 4.57. The zero-order chi connectivity index (χ0) is 15.9. The highest BCUT2D eigenvalue weighted by Crippen LogP contribution is 2.42. The Morgan fingerprint density at radius 2 is 1.86 bits per heavy atom. The molecule has 120 valence electrons. The average molecular weight is 317 g/mol. The van der Waals surface area contributed by atoms with Crippen LogP contribution >= 0.6 is 12.2 Å². The predicted molar refractivity (Wildman–Crippen MR) is 99.1 cm³/mol. The first-order valence-electron chi connectivity index (χ1n) is 8.57. The monoisotopic (exact) mass is 316 g/mol. The van der Waals surface area contributed by atoms with E-state index in [1.807, 2.05) is 0 Å². The maximum absolute atomic E-state index is 5.77. The Bertz CT molecular complexity index is 573. The van der Waals surface area contributed by atoms with Crippen molar-refractivity contribution >= 4 is 22.9 Å². The zero-order valence-electron chi connectivity index (χ0n) is 14.4. The lowest BCUT2D eigenvalue weighted by atomic mass is 9.80. The van der Waals surface area contributed by atoms with Gasteiger partial charge < -0.3 is 9.80 Å². The first-order chi connectivity index (χ1) is 10.4. The van der Waals surface area contributed by atoms with Gasteiger partial charge in [0.2, 0.25) is 0 Å². The normalized spacial score (nSPS) is 24.1. The van der Waals surface area contributed by atoms with Crippen LogP contribution in [0.25, 0.3) is 0 Å². The van der Waals surface area contributed by atoms with Crippen molar-refractivity contribution in [3.63, 3.8) is 0 Å². The summed E-state index contributed by atoms with van der Waals surface area (Å²) in [6, 6.07) is 6.85. The maximum atomic E-state index is 5.77. The number of rotatable bonds is 1. The standard InChI is InChI=1S/C19H28N2S/c1-14-13-19(2,3)20(4)17-9-8-15(12-16(14)17)18(22)21-10-6-5-7-11-21/h8-9,12,14H,5-7,10-11,13H2,1-4H3. The number of nitrogens with zero attached hydrogens (tertiary/aromatic N) is 2. The Hall–Kier alpha value is -1.09. The number of anilines is 1. The van der Waals surface area contributed by atoms with Crippen LogP contribution in [0.4, 0.5) is 5.69 Å². The van der Waals surface area contributed by atoms with Gasteiger partial charge in [-0.1, -0.05) is 19.1 Å². The molecule has 1 unspecified atom stereocenters. The van der Waals surface area contributed by atoms with Crippen LogP contribution in [-0.4, -0.2) is 35.6 Å². The fourth-order valence-electron chi connectivity index (χ4n) is 3.99. The van der Waals surface area contributed by atoms with Gasteiger partial charge in [0.05, 0.1) is 0 Å². The van der Waals surface area contributed by atoms with Gasteiger partial charge in [-0.15, -0.1) is 0 Å². The number of thiocarbonyl (C=S) groups is 1. The van der Waals surface area contributed by atoms with Gasteiger partial charge in [-0.3, -0.25) is 0 Å². The van der Waals surface area contributed by atoms with Gasteiger partial charge in [0.25, 0.3) is 0 Å². The molecule has 2 aliphatic rings. The van der Waals surface area contributed by atoms with E-state index in [1.54, 1.807) is 0 Å². The maximum Gasteiger partial charge on any atom is 0.109 e. The van der Waals surface area contributed by atoms with E-state index < -0.39 is 0 Å². The van der Waals surface area contributed by atoms with E-state index in [0.717, 1.165) is 18.1 Å². The Morgan fingerprint density at radius 3 is 2.55 bits per heavy atom. The molecule has 0 N–H and O–H groups in total. The molecule has 1 aromatic rings. The summed E-state index contributed by atoms with van der Waals surface area (Å²) in [5.41, 5.74) is 4.28. The Labute approximate surface area is 140 Å². The minimum absolute atomic E-state index is 0.224. The molecule has 0 bridgehead atoms. The van der Waals surface area contributed by atoms with Crippen molar-refractivity contribution in [2.45, 2.75) is 57.9 Å². The third kappa shape index (κ3) is 2.76. The third-order valence-electron chi connectivity index (χ3n) is 5.52. The fraction of sp³-hybridized carbons (Fsp3) is 0.632. The SMILES string of the molecule is CC1CC(C)(C)N(C)c2ccc(C(=S)N3CCCCC3)cc21. The molecule has 0 spiro atoms. The molecule has 2 aliphatic heterocycles. The van der Waals surface area contributed by atoms with Crippen LogP contribution in [0.15, 0.2) is 18.2 Å². The zero-order valence-corrected chi connectivity index (χ0v) is 15.2. The number of fused-ring (bicyclic) bond motifs is 1. The number of piperidine rings is 1. The first kappa shape index (κ1) is 15.8. The topological polar surface area (TPSA) is 6.48 Å². The van der Waals surface area contributed by atoms with Crippen molar-refractivity contribution in [2.24, 2.45) is 0 Å². The molecule has 3 heteroatoms. The molecular formula is C19H28N2S. The van der Waals surface area contributed by atoms with Gasteiger partial charge in [-0.05, 0) is 69.2 Å². The van der Waals surface area contributed by atoms with Crippen molar-refractivity contribution in [1.82, 2.24) is 4.90 Å². The summed E-state index contributed by atoms with van der Waals surface area (Å²) in [7, 11) is 2.22. The van der Waals surface area contributed by atoms with E-state index >= 15 is 0 Å². The largest absolute Gasteiger partial charge is 0.369 e. The number of hydrogen-bond acceptors (Lipinski definition) is 2. The number of benzene rings is 1. The molecule has 0 radical (unpaired) electrons. The van der Waals surface area contributed by atoms with E-state index in [1.165, 1.54) is 42.5 Å². The van der Waals surface area contributed by atoms with E-state index in [-0.39, 0.29) is 5.54 Å². The van der Waals surface area contributed by atoms with Gasteiger partial charge in [0.1, 0.15) is 4.99 Å². The second-order valence-electron chi connectivity index (χ2n) is 7.60. The van der Waals surface area contributed by atoms with Gasteiger partial charge in [-0.25, -0.2) is 0 Å². The van der Waals surface area contributed by atoms with Crippen molar-refractivity contribution < 1.29 is 0 Å². The third-order valence-corrected chi connectivity index (χ3v) is 6.02. The minimum Gasteiger partial charge on any atom is -0.369 e. The lowest BCUT2D eigenvalue weighted by molar-refractivity contribution is 0.347. The minimum atomic E-state index is 0.224. The van der Waals surface area contributed by atoms with Crippen LogP contribution in [0.5, 0.6) is 0 Å². The summed E-state index contributed by atoms with van der Waals surface area (Å²) in [5.74, 6) is 0.588. The lowest BCUT2D eigenvalue weighted by Gasteiger charge is -2.45. The molecule has 1 fully saturated rings. The van der Waals surface area contributed by atoms with E-state index in [0.29, 0.717) is 5.92 Å². The van der Waals surface area contributed by atoms with E-state index in [9.17, 15) is 0 Å². The average Bonchev–Trinajstić information content (AvgIpc) is 2.52. The van der Waals surface area contributed by atoms with Crippen LogP contribution in [0.3, 0.4) is 0 Å². The second kappa shape index (κ2) is 5.84. The van der Waals surface area contributed by atoms with Crippen molar-refractivity contribution in [3.8, 4) is 0 Å². The summed E-state index contributed by atoms with van der Waals surface area (Å²) in [6.45, 7) is 9.26. The molecule has 0 aromatic heterocycles. The van der Waals surface area contributed by atoms with Gasteiger partial charge in [0, 0.05) is 36.9 Å². The number of hydrogen-bond donors (Lipinski definition) is 0. The van der Waals surface area contributed by atoms with Crippen LogP contribution < -0.4 is 4.90 Å². The summed E-state index contributed by atoms with van der Waals surface area (Å²) < 4.78 is 0. The summed E-state index contributed by atoms with van der Waals surface area (Å²) >= 11 is 5.77. The quantitative estimate of drug-likeness (QED) is 0.701. The Balaban J connectivity index is 1.91. The highest BCUT2D eigenvalue weighted by Gasteiger charge is 2.34. The molecule has 1 atom stereocenters. The van der Waals surface area contributed by atoms with Gasteiger partial charge in [-0.2, -0.15) is 0 Å². The molecule has 1 saturated heterocycles. The van der Waals surface area contributed by atoms with Gasteiger partial charge >= 0.3 is 0 Å². The van der Waals surface area contributed by atoms with Crippen LogP contribution in [0.1, 0.15) is 63.5 Å². The molecule has 2 heterocycles. The molecule has 0 aliphatic carbocycles. The van der Waals surface area contributed by atoms with E-state index in [2.05, 4.69) is 55.8 Å². The molecule has 2 nitrogen and oxygen atoms in total. The Kier molecular flexibility index (Phi) is 4.19. The number of likely N-dealkylation sites (tertiary alicyclic amines) is 1. The smallest absolute Gasteiger partial charge is 0.109 e. The molecule has 0 amide bonds. The second-order valence-corrected chi connectivity index (χ2v) is 7.99. The van der Waals surface area contributed by atoms with Crippen molar-refractivity contribution in [3.05, 3.63) is 29.3 Å². The van der Waals surface area contributed by atoms with E-state index in [4.69, 9.17) is 12.2 Å². The molecular weight excluding hydrogens is 288 g/mol. The highest BCUT2D eigenvalue weighted by atomic mass is 32.1. The van der Waals surface area contributed by atoms with Crippen molar-refractivity contribution in [2.75, 3.05) is 25.0 Å². The summed E-state index contributed by atoms with van der Waals surface area (Å²) in [4.78, 5) is 5.86. The molecule has 3 rings (SSSR count). The molecule has 1 aromatic carbocycles. The highest BCUT2D eigenvalue weighted by molar-refractivity contribution is 7.80. The summed E-state index contributed by atoms with van der Waals surface area (Å²) in [6.07, 6.45) is 5.09. The lowest BCUT2D eigenvalue weighted by Crippen LogP contribution is -2.45. The van der Waals surface area contributed by atoms with Crippen LogP contribution in [0.2, 0.25) is 0 Å². The van der Waals surface area contributed by atoms with Gasteiger partial charge in [0.15, 0.2) is 0 Å². The summed E-state index contributed by atoms with van der Waals surface area (Å²) in [5, 5.41) is 0. The molecule has 22 heavy (non-hydrogen) atoms. The van der Waals surface area contributed by atoms with Crippen LogP contribution in [-0.2, 0) is 0 Å². The fourth-order valence-corrected chi connectivity index (χ4v) is 4.30. The molecule has 0 saturated carbocycles.